The molecule has 0 atom stereocenters. The zero-order chi connectivity index (χ0) is 13.2. The number of rotatable bonds is 2. The Morgan fingerprint density at radius 3 is 2.44 bits per heavy atom. The van der Waals surface area contributed by atoms with Gasteiger partial charge in [0.15, 0.2) is 0 Å². The molecule has 2 rings (SSSR count). The van der Waals surface area contributed by atoms with Gasteiger partial charge in [-0.3, -0.25) is 0 Å². The molecule has 0 bridgehead atoms. The van der Waals surface area contributed by atoms with Crippen LogP contribution in [0.25, 0.3) is 0 Å². The third-order valence-corrected chi connectivity index (χ3v) is 2.09. The summed E-state index contributed by atoms with van der Waals surface area (Å²) in [6, 6.07) is 9.83. The minimum absolute atomic E-state index is 0.129. The van der Waals surface area contributed by atoms with Gasteiger partial charge in [0.05, 0.1) is 0 Å². The maximum absolute atomic E-state index is 12.4. The molecule has 94 valence electrons. The van der Waals surface area contributed by atoms with Crippen LogP contribution in [0.3, 0.4) is 0 Å². The Morgan fingerprint density at radius 1 is 1.06 bits per heavy atom. The maximum Gasteiger partial charge on any atom is 0.433 e. The molecule has 0 fully saturated rings. The smallest absolute Gasteiger partial charge is 0.433 e. The van der Waals surface area contributed by atoms with Crippen LogP contribution in [0.15, 0.2) is 42.5 Å². The molecule has 1 heterocycles. The van der Waals surface area contributed by atoms with Crippen LogP contribution in [0.4, 0.5) is 18.9 Å². The van der Waals surface area contributed by atoms with E-state index in [0.29, 0.717) is 11.4 Å². The highest BCUT2D eigenvalue weighted by Gasteiger charge is 2.32. The first-order chi connectivity index (χ1) is 8.45. The van der Waals surface area contributed by atoms with Gasteiger partial charge in [0.1, 0.15) is 11.4 Å². The Morgan fingerprint density at radius 2 is 1.78 bits per heavy atom. The summed E-state index contributed by atoms with van der Waals surface area (Å²) < 4.78 is 42.5. The minimum atomic E-state index is -4.49. The summed E-state index contributed by atoms with van der Waals surface area (Å²) in [5.41, 5.74) is 4.99. The van der Waals surface area contributed by atoms with E-state index in [2.05, 4.69) is 4.98 Å². The molecule has 6 heteroatoms. The summed E-state index contributed by atoms with van der Waals surface area (Å²) in [5, 5.41) is 0. The van der Waals surface area contributed by atoms with Crippen molar-refractivity contribution in [3.63, 3.8) is 0 Å². The monoisotopic (exact) mass is 254 g/mol. The number of nitrogens with zero attached hydrogens (tertiary/aromatic N) is 1. The number of aromatic nitrogens is 1. The average Bonchev–Trinajstić information content (AvgIpc) is 2.28. The van der Waals surface area contributed by atoms with Crippen LogP contribution in [0.2, 0.25) is 0 Å². The van der Waals surface area contributed by atoms with Crippen molar-refractivity contribution in [2.75, 3.05) is 5.73 Å². The van der Waals surface area contributed by atoms with Crippen LogP contribution in [0.5, 0.6) is 11.6 Å². The first kappa shape index (κ1) is 12.2. The Bertz CT molecular complexity index is 555. The highest BCUT2D eigenvalue weighted by molar-refractivity contribution is 5.44. The number of nitrogens with two attached hydrogens (primary N) is 1. The number of benzene rings is 1. The van der Waals surface area contributed by atoms with Gasteiger partial charge in [-0.1, -0.05) is 12.1 Å². The summed E-state index contributed by atoms with van der Waals surface area (Å²) in [4.78, 5) is 3.38. The lowest BCUT2D eigenvalue weighted by Crippen LogP contribution is -2.07. The van der Waals surface area contributed by atoms with Crippen molar-refractivity contribution < 1.29 is 17.9 Å². The van der Waals surface area contributed by atoms with Crippen molar-refractivity contribution in [1.29, 1.82) is 0 Å². The quantitative estimate of drug-likeness (QED) is 0.834. The van der Waals surface area contributed by atoms with Crippen molar-refractivity contribution in [2.45, 2.75) is 6.18 Å². The van der Waals surface area contributed by atoms with Gasteiger partial charge in [-0.15, -0.1) is 0 Å². The molecular formula is C12H9F3N2O. The zero-order valence-corrected chi connectivity index (χ0v) is 9.11. The second-order valence-electron chi connectivity index (χ2n) is 3.53. The summed E-state index contributed by atoms with van der Waals surface area (Å²) in [7, 11) is 0. The fourth-order valence-electron chi connectivity index (χ4n) is 1.33. The second kappa shape index (κ2) is 4.56. The highest BCUT2D eigenvalue weighted by Crippen LogP contribution is 2.30. The lowest BCUT2D eigenvalue weighted by atomic mass is 10.3. The van der Waals surface area contributed by atoms with E-state index in [1.54, 1.807) is 18.2 Å². The molecule has 2 N–H and O–H groups in total. The first-order valence-corrected chi connectivity index (χ1v) is 5.03. The number of hydrogen-bond donors (Lipinski definition) is 1. The normalized spacial score (nSPS) is 11.3. The minimum Gasteiger partial charge on any atom is -0.439 e. The molecule has 0 radical (unpaired) electrons. The van der Waals surface area contributed by atoms with E-state index in [9.17, 15) is 13.2 Å². The number of anilines is 1. The van der Waals surface area contributed by atoms with Crippen molar-refractivity contribution in [2.24, 2.45) is 0 Å². The zero-order valence-electron chi connectivity index (χ0n) is 9.11. The second-order valence-corrected chi connectivity index (χ2v) is 3.53. The van der Waals surface area contributed by atoms with E-state index in [1.807, 2.05) is 0 Å². The fraction of sp³-hybridized carbons (Fsp3) is 0.0833. The van der Waals surface area contributed by atoms with E-state index < -0.39 is 11.9 Å². The topological polar surface area (TPSA) is 48.1 Å². The Hall–Kier alpha value is -2.24. The fourth-order valence-corrected chi connectivity index (χ4v) is 1.33. The van der Waals surface area contributed by atoms with Crippen LogP contribution >= 0.6 is 0 Å². The van der Waals surface area contributed by atoms with Gasteiger partial charge < -0.3 is 10.5 Å². The molecule has 2 aromatic rings. The highest BCUT2D eigenvalue weighted by atomic mass is 19.4. The summed E-state index contributed by atoms with van der Waals surface area (Å²) in [5.74, 6) is 0.206. The van der Waals surface area contributed by atoms with Crippen molar-refractivity contribution in [1.82, 2.24) is 4.98 Å². The number of halogens is 3. The van der Waals surface area contributed by atoms with E-state index >= 15 is 0 Å². The van der Waals surface area contributed by atoms with Crippen molar-refractivity contribution in [3.05, 3.63) is 48.2 Å². The number of ether oxygens (including phenoxy) is 1. The van der Waals surface area contributed by atoms with Gasteiger partial charge in [-0.2, -0.15) is 13.2 Å². The van der Waals surface area contributed by atoms with Gasteiger partial charge in [-0.25, -0.2) is 4.98 Å². The van der Waals surface area contributed by atoms with E-state index in [1.165, 1.54) is 18.2 Å². The molecule has 3 nitrogen and oxygen atoms in total. The molecule has 0 saturated carbocycles. The number of pyridine rings is 1. The largest absolute Gasteiger partial charge is 0.439 e. The van der Waals surface area contributed by atoms with Gasteiger partial charge in [0.25, 0.3) is 0 Å². The Kier molecular flexibility index (Phi) is 3.10. The average molecular weight is 254 g/mol. The number of hydrogen-bond acceptors (Lipinski definition) is 3. The molecule has 0 spiro atoms. The Labute approximate surface area is 101 Å². The molecule has 1 aromatic heterocycles. The molecule has 0 aliphatic rings. The van der Waals surface area contributed by atoms with E-state index in [4.69, 9.17) is 10.5 Å². The third kappa shape index (κ3) is 2.91. The van der Waals surface area contributed by atoms with Crippen LogP contribution < -0.4 is 10.5 Å². The van der Waals surface area contributed by atoms with Gasteiger partial charge in [0, 0.05) is 17.8 Å². The van der Waals surface area contributed by atoms with Crippen molar-refractivity contribution in [3.8, 4) is 11.6 Å². The molecular weight excluding hydrogens is 245 g/mol. The van der Waals surface area contributed by atoms with Gasteiger partial charge >= 0.3 is 6.18 Å². The predicted molar refractivity (Wildman–Crippen MR) is 60.2 cm³/mol. The molecule has 0 aliphatic heterocycles. The van der Waals surface area contributed by atoms with Crippen LogP contribution in [-0.4, -0.2) is 4.98 Å². The standard InChI is InChI=1S/C12H9F3N2O/c13-12(14,15)10-5-2-6-11(17-10)18-9-4-1-3-8(16)7-9/h1-7H,16H2. The summed E-state index contributed by atoms with van der Waals surface area (Å²) >= 11 is 0. The van der Waals surface area contributed by atoms with Gasteiger partial charge in [0.2, 0.25) is 5.88 Å². The van der Waals surface area contributed by atoms with Crippen LogP contribution in [-0.2, 0) is 6.18 Å². The lowest BCUT2D eigenvalue weighted by molar-refractivity contribution is -0.141. The summed E-state index contributed by atoms with van der Waals surface area (Å²) in [6.45, 7) is 0. The SMILES string of the molecule is Nc1cccc(Oc2cccc(C(F)(F)F)n2)c1. The lowest BCUT2D eigenvalue weighted by Gasteiger charge is -2.08. The number of alkyl halides is 3. The number of nitrogen functional groups attached to an aromatic ring is 1. The van der Waals surface area contributed by atoms with Gasteiger partial charge in [-0.05, 0) is 18.2 Å². The maximum atomic E-state index is 12.4. The molecule has 0 saturated heterocycles. The van der Waals surface area contributed by atoms with Crippen LogP contribution in [0.1, 0.15) is 5.69 Å². The summed E-state index contributed by atoms with van der Waals surface area (Å²) in [6.07, 6.45) is -4.49. The van der Waals surface area contributed by atoms with Crippen LogP contribution in [0, 0.1) is 0 Å². The van der Waals surface area contributed by atoms with Crippen molar-refractivity contribution >= 4 is 5.69 Å². The molecule has 1 aromatic carbocycles. The van der Waals surface area contributed by atoms with E-state index in [-0.39, 0.29) is 5.88 Å². The molecule has 0 aliphatic carbocycles. The first-order valence-electron chi connectivity index (χ1n) is 5.03. The van der Waals surface area contributed by atoms with E-state index in [0.717, 1.165) is 6.07 Å². The third-order valence-electron chi connectivity index (χ3n) is 2.09. The predicted octanol–water partition coefficient (Wildman–Crippen LogP) is 3.47. The molecule has 0 unspecified atom stereocenters. The molecule has 0 amide bonds. The Balaban J connectivity index is 2.25. The molecule has 18 heavy (non-hydrogen) atoms.